The molecule has 0 spiro atoms. The molecule has 0 bridgehead atoms. The summed E-state index contributed by atoms with van der Waals surface area (Å²) in [5.41, 5.74) is 7.92. The number of aromatic nitrogens is 1. The highest BCUT2D eigenvalue weighted by Crippen LogP contribution is 2.15. The van der Waals surface area contributed by atoms with E-state index < -0.39 is 4.92 Å². The molecule has 6 nitrogen and oxygen atoms in total. The van der Waals surface area contributed by atoms with E-state index in [1.165, 1.54) is 12.3 Å². The number of nitro groups is 1. The van der Waals surface area contributed by atoms with E-state index in [9.17, 15) is 10.1 Å². The van der Waals surface area contributed by atoms with Gasteiger partial charge < -0.3 is 21.2 Å². The van der Waals surface area contributed by atoms with E-state index in [-0.39, 0.29) is 11.9 Å². The van der Waals surface area contributed by atoms with Gasteiger partial charge in [0, 0.05) is 18.7 Å². The number of nitrogens with one attached hydrogen (secondary N) is 1. The van der Waals surface area contributed by atoms with Crippen LogP contribution in [0.2, 0.25) is 0 Å². The van der Waals surface area contributed by atoms with E-state index >= 15 is 0 Å². The van der Waals surface area contributed by atoms with Crippen LogP contribution in [0.15, 0.2) is 48.7 Å². The Bertz CT molecular complexity index is 557. The van der Waals surface area contributed by atoms with E-state index in [4.69, 9.17) is 5.73 Å². The second-order valence-corrected chi connectivity index (χ2v) is 4.39. The Kier molecular flexibility index (Phi) is 4.62. The van der Waals surface area contributed by atoms with Gasteiger partial charge in [-0.2, -0.15) is 0 Å². The first kappa shape index (κ1) is 14.0. The molecule has 0 aliphatic carbocycles. The molecular formula is C14H16N4O2. The minimum atomic E-state index is -0.519. The van der Waals surface area contributed by atoms with Gasteiger partial charge in [0.1, 0.15) is 0 Å². The Labute approximate surface area is 116 Å². The molecule has 0 aliphatic heterocycles. The molecule has 1 unspecified atom stereocenters. The molecule has 1 heterocycles. The van der Waals surface area contributed by atoms with E-state index in [1.807, 2.05) is 30.3 Å². The maximum atomic E-state index is 10.5. The fourth-order valence-electron chi connectivity index (χ4n) is 1.84. The Balaban J connectivity index is 1.82. The fourth-order valence-corrected chi connectivity index (χ4v) is 1.84. The average molecular weight is 272 g/mol. The van der Waals surface area contributed by atoms with Crippen molar-refractivity contribution in [2.45, 2.75) is 12.5 Å². The van der Waals surface area contributed by atoms with E-state index in [0.717, 1.165) is 17.7 Å². The fraction of sp³-hybridized carbons (Fsp3) is 0.214. The molecule has 20 heavy (non-hydrogen) atoms. The normalized spacial score (nSPS) is 11.8. The van der Waals surface area contributed by atoms with Gasteiger partial charge in [0.25, 0.3) is 0 Å². The topological polar surface area (TPSA) is 94.1 Å². The molecule has 104 valence electrons. The van der Waals surface area contributed by atoms with Crippen molar-refractivity contribution in [1.29, 1.82) is 0 Å². The number of pyridine rings is 1. The van der Waals surface area contributed by atoms with E-state index in [2.05, 4.69) is 10.3 Å². The van der Waals surface area contributed by atoms with Crippen LogP contribution in [0.4, 0.5) is 11.5 Å². The number of nitrogens with zero attached hydrogens (tertiary/aromatic N) is 2. The molecule has 0 amide bonds. The third-order valence-electron chi connectivity index (χ3n) is 2.95. The molecule has 0 fully saturated rings. The molecule has 0 aliphatic rings. The third-order valence-corrected chi connectivity index (χ3v) is 2.95. The van der Waals surface area contributed by atoms with Crippen LogP contribution in [0, 0.1) is 10.1 Å². The minimum Gasteiger partial charge on any atom is -0.382 e. The summed E-state index contributed by atoms with van der Waals surface area (Å²) in [5, 5.41) is 13.6. The number of anilines is 1. The zero-order valence-electron chi connectivity index (χ0n) is 10.9. The van der Waals surface area contributed by atoms with Gasteiger partial charge >= 0.3 is 5.82 Å². The molecule has 1 aromatic carbocycles. The predicted octanol–water partition coefficient (Wildman–Crippen LogP) is 2.49. The molecule has 6 heteroatoms. The van der Waals surface area contributed by atoms with Crippen LogP contribution < -0.4 is 11.1 Å². The summed E-state index contributed by atoms with van der Waals surface area (Å²) in [7, 11) is 0. The molecule has 2 aromatic rings. The summed E-state index contributed by atoms with van der Waals surface area (Å²) in [5.74, 6) is -0.156. The van der Waals surface area contributed by atoms with E-state index in [0.29, 0.717) is 6.54 Å². The molecule has 2 rings (SSSR count). The number of benzene rings is 1. The molecule has 3 N–H and O–H groups in total. The largest absolute Gasteiger partial charge is 0.382 e. The van der Waals surface area contributed by atoms with Gasteiger partial charge in [0.15, 0.2) is 6.20 Å². The average Bonchev–Trinajstić information content (AvgIpc) is 2.48. The smallest absolute Gasteiger partial charge is 0.363 e. The number of hydrogen-bond acceptors (Lipinski definition) is 5. The number of rotatable bonds is 6. The van der Waals surface area contributed by atoms with Gasteiger partial charge in [0.2, 0.25) is 0 Å². The quantitative estimate of drug-likeness (QED) is 0.622. The SMILES string of the molecule is NC(CCNc1ccc([N+](=O)[O-])nc1)c1ccccc1. The van der Waals surface area contributed by atoms with Crippen molar-refractivity contribution in [3.8, 4) is 0 Å². The Hall–Kier alpha value is -2.47. The van der Waals surface area contributed by atoms with Crippen molar-refractivity contribution in [1.82, 2.24) is 4.98 Å². The van der Waals surface area contributed by atoms with Crippen molar-refractivity contribution in [3.63, 3.8) is 0 Å². The minimum absolute atomic E-state index is 0.0327. The highest BCUT2D eigenvalue weighted by Gasteiger charge is 2.07. The summed E-state index contributed by atoms with van der Waals surface area (Å²) < 4.78 is 0. The first-order chi connectivity index (χ1) is 9.66. The van der Waals surface area contributed by atoms with Crippen LogP contribution in [0.3, 0.4) is 0 Å². The lowest BCUT2D eigenvalue weighted by molar-refractivity contribution is -0.389. The Morgan fingerprint density at radius 3 is 2.60 bits per heavy atom. The standard InChI is InChI=1S/C14H16N4O2/c15-13(11-4-2-1-3-5-11)8-9-16-12-6-7-14(17-10-12)18(19)20/h1-7,10,13,16H,8-9,15H2. The zero-order chi connectivity index (χ0) is 14.4. The van der Waals surface area contributed by atoms with Gasteiger partial charge in [0.05, 0.1) is 5.69 Å². The molecule has 1 atom stereocenters. The molecule has 0 radical (unpaired) electrons. The van der Waals surface area contributed by atoms with Crippen LogP contribution in [-0.2, 0) is 0 Å². The van der Waals surface area contributed by atoms with Crippen molar-refractivity contribution in [3.05, 3.63) is 64.3 Å². The first-order valence-corrected chi connectivity index (χ1v) is 6.31. The van der Waals surface area contributed by atoms with Gasteiger partial charge in [-0.25, -0.2) is 0 Å². The lowest BCUT2D eigenvalue weighted by Crippen LogP contribution is -2.15. The van der Waals surface area contributed by atoms with Crippen molar-refractivity contribution in [2.75, 3.05) is 11.9 Å². The van der Waals surface area contributed by atoms with E-state index in [1.54, 1.807) is 6.07 Å². The lowest BCUT2D eigenvalue weighted by Gasteiger charge is -2.12. The third kappa shape index (κ3) is 3.76. The summed E-state index contributed by atoms with van der Waals surface area (Å²) >= 11 is 0. The Morgan fingerprint density at radius 2 is 2.00 bits per heavy atom. The molecule has 1 aromatic heterocycles. The summed E-state index contributed by atoms with van der Waals surface area (Å²) in [6.07, 6.45) is 2.22. The van der Waals surface area contributed by atoms with Gasteiger partial charge in [-0.15, -0.1) is 0 Å². The van der Waals surface area contributed by atoms with Gasteiger partial charge in [-0.1, -0.05) is 30.3 Å². The first-order valence-electron chi connectivity index (χ1n) is 6.31. The second kappa shape index (κ2) is 6.63. The van der Waals surface area contributed by atoms with Crippen molar-refractivity contribution >= 4 is 11.5 Å². The maximum Gasteiger partial charge on any atom is 0.363 e. The van der Waals surface area contributed by atoms with Crippen molar-refractivity contribution in [2.24, 2.45) is 5.73 Å². The van der Waals surface area contributed by atoms with Crippen LogP contribution in [-0.4, -0.2) is 16.5 Å². The van der Waals surface area contributed by atoms with Gasteiger partial charge in [-0.05, 0) is 28.0 Å². The number of nitrogens with two attached hydrogens (primary N) is 1. The number of hydrogen-bond donors (Lipinski definition) is 2. The highest BCUT2D eigenvalue weighted by atomic mass is 16.6. The zero-order valence-corrected chi connectivity index (χ0v) is 10.9. The summed E-state index contributed by atoms with van der Waals surface area (Å²) in [4.78, 5) is 13.7. The van der Waals surface area contributed by atoms with Crippen LogP contribution >= 0.6 is 0 Å². The van der Waals surface area contributed by atoms with Crippen molar-refractivity contribution < 1.29 is 4.92 Å². The lowest BCUT2D eigenvalue weighted by atomic mass is 10.1. The predicted molar refractivity (Wildman–Crippen MR) is 77.4 cm³/mol. The second-order valence-electron chi connectivity index (χ2n) is 4.39. The molecular weight excluding hydrogens is 256 g/mol. The summed E-state index contributed by atoms with van der Waals surface area (Å²) in [6.45, 7) is 0.676. The van der Waals surface area contributed by atoms with Crippen LogP contribution in [0.5, 0.6) is 0 Å². The van der Waals surface area contributed by atoms with Gasteiger partial charge in [-0.3, -0.25) is 0 Å². The Morgan fingerprint density at radius 1 is 1.25 bits per heavy atom. The molecule has 0 saturated carbocycles. The highest BCUT2D eigenvalue weighted by molar-refractivity contribution is 5.43. The summed E-state index contributed by atoms with van der Waals surface area (Å²) in [6, 6.07) is 12.9. The van der Waals surface area contributed by atoms with Crippen LogP contribution in [0.1, 0.15) is 18.0 Å². The van der Waals surface area contributed by atoms with Crippen LogP contribution in [0.25, 0.3) is 0 Å². The maximum absolute atomic E-state index is 10.5. The monoisotopic (exact) mass is 272 g/mol. The molecule has 0 saturated heterocycles.